The van der Waals surface area contributed by atoms with Gasteiger partial charge in [0, 0.05) is 0 Å². The second-order valence-electron chi connectivity index (χ2n) is 3.97. The number of aromatic nitrogens is 2. The summed E-state index contributed by atoms with van der Waals surface area (Å²) in [5.74, 6) is 0.0594. The van der Waals surface area contributed by atoms with Crippen molar-refractivity contribution in [3.8, 4) is 5.88 Å². The van der Waals surface area contributed by atoms with Crippen molar-refractivity contribution in [3.05, 3.63) is 26.9 Å². The fourth-order valence-corrected chi connectivity index (χ4v) is 2.16. The molecule has 8 heteroatoms. The topological polar surface area (TPSA) is 114 Å². The van der Waals surface area contributed by atoms with E-state index in [-0.39, 0.29) is 12.5 Å². The van der Waals surface area contributed by atoms with Crippen LogP contribution in [0, 0.1) is 0 Å². The maximum atomic E-state index is 11.6. The maximum absolute atomic E-state index is 11.6. The minimum absolute atomic E-state index is 0.0594. The van der Waals surface area contributed by atoms with E-state index in [1.807, 2.05) is 0 Å². The third-order valence-electron chi connectivity index (χ3n) is 2.94. The van der Waals surface area contributed by atoms with Gasteiger partial charge in [-0.1, -0.05) is 0 Å². The van der Waals surface area contributed by atoms with Gasteiger partial charge in [-0.25, -0.2) is 9.36 Å². The van der Waals surface area contributed by atoms with Crippen LogP contribution in [0.1, 0.15) is 6.23 Å². The first-order valence-corrected chi connectivity index (χ1v) is 5.08. The summed E-state index contributed by atoms with van der Waals surface area (Å²) in [6.07, 6.45) is -3.44. The molecule has 0 saturated carbocycles. The van der Waals surface area contributed by atoms with Crippen molar-refractivity contribution in [2.45, 2.75) is 24.5 Å². The van der Waals surface area contributed by atoms with E-state index in [0.29, 0.717) is 0 Å². The minimum Gasteiger partial charge on any atom is -0.467 e. The Labute approximate surface area is 94.0 Å². The summed E-state index contributed by atoms with van der Waals surface area (Å²) in [7, 11) is 0. The molecule has 4 atom stereocenters. The molecule has 0 radical (unpaired) electrons. The number of aromatic amines is 1. The number of hydrogen-bond acceptors (Lipinski definition) is 6. The highest BCUT2D eigenvalue weighted by Gasteiger charge is 2.51. The lowest BCUT2D eigenvalue weighted by atomic mass is 10.1. The summed E-state index contributed by atoms with van der Waals surface area (Å²) in [5.41, 5.74) is -1.24. The summed E-state index contributed by atoms with van der Waals surface area (Å²) >= 11 is 0. The molecule has 3 rings (SSSR count). The second-order valence-corrected chi connectivity index (χ2v) is 3.97. The number of fused-ring (bicyclic) bond motifs is 3. The van der Waals surface area contributed by atoms with E-state index < -0.39 is 35.8 Å². The standard InChI is InChI=1S/C9H10N2O6/c12-2-3-6(14)7-8(16-3)11-5(17-7)1-4(13)10-9(11)15/h1,3,6-8,12,14H,2H2,(H,10,13,15)/t3-,6-,7+,8-/m1/s1. The molecular formula is C9H10N2O6. The zero-order valence-electron chi connectivity index (χ0n) is 8.57. The van der Waals surface area contributed by atoms with Crippen LogP contribution in [0.25, 0.3) is 0 Å². The molecule has 0 aromatic carbocycles. The molecule has 0 bridgehead atoms. The van der Waals surface area contributed by atoms with Crippen molar-refractivity contribution < 1.29 is 19.7 Å². The Bertz CT molecular complexity index is 563. The average molecular weight is 242 g/mol. The van der Waals surface area contributed by atoms with Crippen LogP contribution in [-0.4, -0.2) is 44.7 Å². The Kier molecular flexibility index (Phi) is 2.12. The number of nitrogens with zero attached hydrogens (tertiary/aromatic N) is 1. The molecule has 1 aromatic rings. The molecule has 1 aromatic heterocycles. The van der Waals surface area contributed by atoms with Crippen LogP contribution < -0.4 is 16.0 Å². The normalized spacial score (nSPS) is 34.2. The predicted octanol–water partition coefficient (Wildman–Crippen LogP) is -2.45. The first-order valence-electron chi connectivity index (χ1n) is 5.08. The Balaban J connectivity index is 2.08. The van der Waals surface area contributed by atoms with Gasteiger partial charge in [0.2, 0.25) is 5.88 Å². The predicted molar refractivity (Wildman–Crippen MR) is 52.7 cm³/mol. The third-order valence-corrected chi connectivity index (χ3v) is 2.94. The number of aliphatic hydroxyl groups excluding tert-OH is 2. The van der Waals surface area contributed by atoms with Gasteiger partial charge in [0.05, 0.1) is 12.7 Å². The highest BCUT2D eigenvalue weighted by Crippen LogP contribution is 2.38. The number of rotatable bonds is 1. The summed E-state index contributed by atoms with van der Waals surface area (Å²) < 4.78 is 11.7. The largest absolute Gasteiger partial charge is 0.467 e. The van der Waals surface area contributed by atoms with Crippen LogP contribution in [0.3, 0.4) is 0 Å². The fraction of sp³-hybridized carbons (Fsp3) is 0.556. The lowest BCUT2D eigenvalue weighted by Gasteiger charge is -2.14. The number of ether oxygens (including phenoxy) is 2. The minimum atomic E-state index is -1.04. The van der Waals surface area contributed by atoms with Crippen molar-refractivity contribution in [2.75, 3.05) is 6.61 Å². The van der Waals surface area contributed by atoms with E-state index in [4.69, 9.17) is 14.6 Å². The smallest absolute Gasteiger partial charge is 0.333 e. The van der Waals surface area contributed by atoms with E-state index >= 15 is 0 Å². The molecule has 1 saturated heterocycles. The van der Waals surface area contributed by atoms with Crippen molar-refractivity contribution in [1.29, 1.82) is 0 Å². The molecule has 2 aliphatic heterocycles. The number of nitrogens with one attached hydrogen (secondary N) is 1. The number of H-pyrrole nitrogens is 1. The third kappa shape index (κ3) is 1.35. The lowest BCUT2D eigenvalue weighted by molar-refractivity contribution is -0.0445. The van der Waals surface area contributed by atoms with Gasteiger partial charge in [0.15, 0.2) is 12.3 Å². The lowest BCUT2D eigenvalue weighted by Crippen LogP contribution is -2.34. The van der Waals surface area contributed by atoms with Crippen LogP contribution >= 0.6 is 0 Å². The van der Waals surface area contributed by atoms with Crippen LogP contribution in [0.4, 0.5) is 0 Å². The summed E-state index contributed by atoms with van der Waals surface area (Å²) in [6, 6.07) is 1.11. The quantitative estimate of drug-likeness (QED) is 0.503. The van der Waals surface area contributed by atoms with Crippen LogP contribution in [0.2, 0.25) is 0 Å². The van der Waals surface area contributed by atoms with Crippen molar-refractivity contribution in [3.63, 3.8) is 0 Å². The van der Waals surface area contributed by atoms with Gasteiger partial charge in [-0.05, 0) is 0 Å². The summed E-state index contributed by atoms with van der Waals surface area (Å²) in [4.78, 5) is 24.7. The van der Waals surface area contributed by atoms with Gasteiger partial charge in [-0.3, -0.25) is 9.78 Å². The Morgan fingerprint density at radius 3 is 2.94 bits per heavy atom. The molecule has 0 aliphatic carbocycles. The monoisotopic (exact) mass is 242 g/mol. The molecule has 2 aliphatic rings. The van der Waals surface area contributed by atoms with E-state index in [1.165, 1.54) is 0 Å². The fourth-order valence-electron chi connectivity index (χ4n) is 2.16. The molecule has 1 fully saturated rings. The van der Waals surface area contributed by atoms with Gasteiger partial charge in [0.1, 0.15) is 12.2 Å². The van der Waals surface area contributed by atoms with Crippen molar-refractivity contribution in [2.24, 2.45) is 0 Å². The van der Waals surface area contributed by atoms with E-state index in [1.54, 1.807) is 0 Å². The first-order chi connectivity index (χ1) is 8.11. The zero-order valence-corrected chi connectivity index (χ0v) is 8.57. The van der Waals surface area contributed by atoms with Crippen LogP contribution in [0.15, 0.2) is 15.7 Å². The average Bonchev–Trinajstić information content (AvgIpc) is 2.75. The first kappa shape index (κ1) is 10.5. The second kappa shape index (κ2) is 3.42. The van der Waals surface area contributed by atoms with E-state index in [0.717, 1.165) is 10.6 Å². The molecular weight excluding hydrogens is 232 g/mol. The molecule has 0 amide bonds. The zero-order chi connectivity index (χ0) is 12.2. The van der Waals surface area contributed by atoms with Crippen LogP contribution in [-0.2, 0) is 4.74 Å². The summed E-state index contributed by atoms with van der Waals surface area (Å²) in [5, 5.41) is 18.7. The SMILES string of the molecule is O=c1cc2n(c(=O)[nH]1)[C@@H]1O[C@H](CO)[C@@H](O)[C@@H]1O2. The van der Waals surface area contributed by atoms with Crippen molar-refractivity contribution >= 4 is 0 Å². The molecule has 3 heterocycles. The highest BCUT2D eigenvalue weighted by atomic mass is 16.6. The van der Waals surface area contributed by atoms with E-state index in [9.17, 15) is 14.7 Å². The van der Waals surface area contributed by atoms with Gasteiger partial charge in [0.25, 0.3) is 5.56 Å². The number of hydrogen-bond donors (Lipinski definition) is 3. The molecule has 3 N–H and O–H groups in total. The number of aliphatic hydroxyl groups is 2. The Morgan fingerprint density at radius 1 is 1.47 bits per heavy atom. The Morgan fingerprint density at radius 2 is 2.24 bits per heavy atom. The van der Waals surface area contributed by atoms with Gasteiger partial charge < -0.3 is 19.7 Å². The van der Waals surface area contributed by atoms with Gasteiger partial charge in [-0.15, -0.1) is 0 Å². The molecule has 92 valence electrons. The Hall–Kier alpha value is -1.64. The summed E-state index contributed by atoms with van der Waals surface area (Å²) in [6.45, 7) is -0.370. The highest BCUT2D eigenvalue weighted by molar-refractivity contribution is 5.17. The molecule has 0 unspecified atom stereocenters. The van der Waals surface area contributed by atoms with Gasteiger partial charge >= 0.3 is 5.69 Å². The molecule has 8 nitrogen and oxygen atoms in total. The molecule has 17 heavy (non-hydrogen) atoms. The van der Waals surface area contributed by atoms with Crippen LogP contribution in [0.5, 0.6) is 5.88 Å². The maximum Gasteiger partial charge on any atom is 0.333 e. The van der Waals surface area contributed by atoms with Crippen molar-refractivity contribution in [1.82, 2.24) is 9.55 Å². The molecule has 0 spiro atoms. The van der Waals surface area contributed by atoms with Gasteiger partial charge in [-0.2, -0.15) is 0 Å². The van der Waals surface area contributed by atoms with E-state index in [2.05, 4.69) is 4.98 Å².